The smallest absolute Gasteiger partial charge is 0.153 e. The molecule has 2 rings (SSSR count). The zero-order chi connectivity index (χ0) is 13.8. The molecule has 0 N–H and O–H groups in total. The zero-order valence-electron chi connectivity index (χ0n) is 11.0. The van der Waals surface area contributed by atoms with Crippen LogP contribution in [0.15, 0.2) is 24.7 Å². The Labute approximate surface area is 111 Å². The minimum absolute atomic E-state index is 0.439. The van der Waals surface area contributed by atoms with Crippen molar-refractivity contribution >= 4 is 6.29 Å². The Morgan fingerprint density at radius 3 is 2.84 bits per heavy atom. The van der Waals surface area contributed by atoms with Crippen molar-refractivity contribution in [3.63, 3.8) is 0 Å². The van der Waals surface area contributed by atoms with E-state index in [2.05, 4.69) is 23.9 Å². The number of aryl methyl sites for hydroxylation is 1. The van der Waals surface area contributed by atoms with Crippen molar-refractivity contribution in [3.8, 4) is 11.3 Å². The molecule has 0 fully saturated rings. The summed E-state index contributed by atoms with van der Waals surface area (Å²) in [7, 11) is 0. The maximum Gasteiger partial charge on any atom is 0.153 e. The molecule has 0 saturated carbocycles. The summed E-state index contributed by atoms with van der Waals surface area (Å²) >= 11 is 0. The van der Waals surface area contributed by atoms with Gasteiger partial charge in [-0.1, -0.05) is 13.8 Å². The van der Waals surface area contributed by atoms with Crippen LogP contribution in [-0.4, -0.2) is 21.1 Å². The van der Waals surface area contributed by atoms with E-state index in [4.69, 9.17) is 0 Å². The molecule has 0 unspecified atom stereocenters. The lowest BCUT2D eigenvalue weighted by molar-refractivity contribution is 0.112. The number of aromatic nitrogens is 3. The largest absolute Gasteiger partial charge is 0.298 e. The molecule has 0 saturated heterocycles. The number of hydrogen-bond acceptors (Lipinski definition) is 3. The fourth-order valence-corrected chi connectivity index (χ4v) is 1.79. The quantitative estimate of drug-likeness (QED) is 0.777. The Bertz CT molecular complexity index is 578. The van der Waals surface area contributed by atoms with Gasteiger partial charge in [0, 0.05) is 24.5 Å². The highest BCUT2D eigenvalue weighted by atomic mass is 19.1. The topological polar surface area (TPSA) is 47.8 Å². The first-order chi connectivity index (χ1) is 9.10. The molecule has 0 aliphatic carbocycles. The Morgan fingerprint density at radius 1 is 1.42 bits per heavy atom. The number of carbonyl (C=O) groups is 1. The number of nitrogens with zero attached hydrogens (tertiary/aromatic N) is 3. The maximum absolute atomic E-state index is 13.2. The van der Waals surface area contributed by atoms with Gasteiger partial charge in [-0.3, -0.25) is 14.5 Å². The van der Waals surface area contributed by atoms with Crippen LogP contribution in [-0.2, 0) is 6.54 Å². The number of pyridine rings is 1. The Hall–Kier alpha value is -2.04. The lowest BCUT2D eigenvalue weighted by atomic mass is 10.1. The van der Waals surface area contributed by atoms with Crippen LogP contribution >= 0.6 is 0 Å². The summed E-state index contributed by atoms with van der Waals surface area (Å²) in [6.07, 6.45) is 6.03. The van der Waals surface area contributed by atoms with Crippen LogP contribution < -0.4 is 0 Å². The summed E-state index contributed by atoms with van der Waals surface area (Å²) in [5, 5.41) is 4.34. The summed E-state index contributed by atoms with van der Waals surface area (Å²) in [6.45, 7) is 4.99. The summed E-state index contributed by atoms with van der Waals surface area (Å²) in [5.74, 6) is 0.120. The molecule has 19 heavy (non-hydrogen) atoms. The van der Waals surface area contributed by atoms with Gasteiger partial charge in [0.2, 0.25) is 0 Å². The van der Waals surface area contributed by atoms with Gasteiger partial charge in [0.1, 0.15) is 11.5 Å². The third-order valence-electron chi connectivity index (χ3n) is 2.83. The highest BCUT2D eigenvalue weighted by Gasteiger charge is 2.12. The predicted molar refractivity (Wildman–Crippen MR) is 70.3 cm³/mol. The van der Waals surface area contributed by atoms with Crippen molar-refractivity contribution in [2.24, 2.45) is 5.92 Å². The first kappa shape index (κ1) is 13.4. The molecule has 4 nitrogen and oxygen atoms in total. The lowest BCUT2D eigenvalue weighted by Crippen LogP contribution is -2.02. The van der Waals surface area contributed by atoms with E-state index in [0.29, 0.717) is 22.7 Å². The molecule has 0 aliphatic rings. The third kappa shape index (κ3) is 3.24. The molecule has 0 atom stereocenters. The average molecular weight is 261 g/mol. The van der Waals surface area contributed by atoms with Gasteiger partial charge in [-0.15, -0.1) is 0 Å². The predicted octanol–water partition coefficient (Wildman–Crippen LogP) is 2.94. The Balaban J connectivity index is 2.32. The number of rotatable bonds is 5. The highest BCUT2D eigenvalue weighted by Crippen LogP contribution is 2.21. The standard InChI is InChI=1S/C14H16FN3O/c1-10(2)3-4-18-8-12(9-19)14(17-18)11-5-13(15)7-16-6-11/h5-10H,3-4H2,1-2H3. The average Bonchev–Trinajstić information content (AvgIpc) is 2.79. The van der Waals surface area contributed by atoms with Crippen LogP contribution in [0.25, 0.3) is 11.3 Å². The van der Waals surface area contributed by atoms with Crippen LogP contribution in [0.1, 0.15) is 30.6 Å². The van der Waals surface area contributed by atoms with Gasteiger partial charge in [0.15, 0.2) is 6.29 Å². The lowest BCUT2D eigenvalue weighted by Gasteiger charge is -2.04. The molecule has 2 aromatic heterocycles. The second-order valence-electron chi connectivity index (χ2n) is 4.89. The first-order valence-electron chi connectivity index (χ1n) is 6.23. The van der Waals surface area contributed by atoms with Crippen molar-refractivity contribution < 1.29 is 9.18 Å². The summed E-state index contributed by atoms with van der Waals surface area (Å²) < 4.78 is 14.9. The second-order valence-corrected chi connectivity index (χ2v) is 4.89. The van der Waals surface area contributed by atoms with Crippen molar-refractivity contribution in [1.29, 1.82) is 0 Å². The molecule has 0 amide bonds. The maximum atomic E-state index is 13.2. The number of hydrogen-bond donors (Lipinski definition) is 0. The molecule has 5 heteroatoms. The van der Waals surface area contributed by atoms with E-state index in [1.807, 2.05) is 0 Å². The molecule has 100 valence electrons. The van der Waals surface area contributed by atoms with E-state index in [1.165, 1.54) is 12.3 Å². The van der Waals surface area contributed by atoms with Gasteiger partial charge in [0.05, 0.1) is 11.8 Å². The number of halogens is 1. The minimum atomic E-state index is -0.439. The second kappa shape index (κ2) is 5.73. The Morgan fingerprint density at radius 2 is 2.21 bits per heavy atom. The fourth-order valence-electron chi connectivity index (χ4n) is 1.79. The van der Waals surface area contributed by atoms with E-state index in [1.54, 1.807) is 10.9 Å². The van der Waals surface area contributed by atoms with Crippen LogP contribution in [0, 0.1) is 11.7 Å². The Kier molecular flexibility index (Phi) is 4.04. The van der Waals surface area contributed by atoms with Gasteiger partial charge >= 0.3 is 0 Å². The van der Waals surface area contributed by atoms with Crippen LogP contribution in [0.3, 0.4) is 0 Å². The van der Waals surface area contributed by atoms with E-state index in [9.17, 15) is 9.18 Å². The summed E-state index contributed by atoms with van der Waals surface area (Å²) in [5.41, 5.74) is 1.45. The van der Waals surface area contributed by atoms with E-state index < -0.39 is 5.82 Å². The van der Waals surface area contributed by atoms with Crippen molar-refractivity contribution in [1.82, 2.24) is 14.8 Å². The van der Waals surface area contributed by atoms with Gasteiger partial charge in [0.25, 0.3) is 0 Å². The fraction of sp³-hybridized carbons (Fsp3) is 0.357. The molecule has 0 bridgehead atoms. The highest BCUT2D eigenvalue weighted by molar-refractivity contribution is 5.85. The SMILES string of the molecule is CC(C)CCn1cc(C=O)c(-c2cncc(F)c2)n1. The molecule has 2 heterocycles. The van der Waals surface area contributed by atoms with Crippen molar-refractivity contribution in [3.05, 3.63) is 36.0 Å². The van der Waals surface area contributed by atoms with E-state index in [0.717, 1.165) is 25.4 Å². The monoisotopic (exact) mass is 261 g/mol. The number of aldehydes is 1. The third-order valence-corrected chi connectivity index (χ3v) is 2.83. The molecule has 0 spiro atoms. The van der Waals surface area contributed by atoms with Crippen molar-refractivity contribution in [2.45, 2.75) is 26.8 Å². The molecule has 0 aromatic carbocycles. The van der Waals surface area contributed by atoms with Gasteiger partial charge in [-0.05, 0) is 18.4 Å². The molecular formula is C14H16FN3O. The van der Waals surface area contributed by atoms with Crippen molar-refractivity contribution in [2.75, 3.05) is 0 Å². The zero-order valence-corrected chi connectivity index (χ0v) is 11.0. The van der Waals surface area contributed by atoms with Gasteiger partial charge in [-0.25, -0.2) is 4.39 Å². The number of carbonyl (C=O) groups excluding carboxylic acids is 1. The summed E-state index contributed by atoms with van der Waals surface area (Å²) in [4.78, 5) is 14.8. The normalized spacial score (nSPS) is 10.9. The van der Waals surface area contributed by atoms with Gasteiger partial charge in [-0.2, -0.15) is 5.10 Å². The van der Waals surface area contributed by atoms with E-state index in [-0.39, 0.29) is 0 Å². The van der Waals surface area contributed by atoms with E-state index >= 15 is 0 Å². The van der Waals surface area contributed by atoms with Crippen LogP contribution in [0.2, 0.25) is 0 Å². The molecule has 0 aliphatic heterocycles. The minimum Gasteiger partial charge on any atom is -0.298 e. The first-order valence-corrected chi connectivity index (χ1v) is 6.23. The van der Waals surface area contributed by atoms with Crippen LogP contribution in [0.5, 0.6) is 0 Å². The summed E-state index contributed by atoms with van der Waals surface area (Å²) in [6, 6.07) is 1.33. The molecule has 0 radical (unpaired) electrons. The van der Waals surface area contributed by atoms with Crippen LogP contribution in [0.4, 0.5) is 4.39 Å². The van der Waals surface area contributed by atoms with Gasteiger partial charge < -0.3 is 0 Å². The molecule has 2 aromatic rings. The molecular weight excluding hydrogens is 245 g/mol.